The lowest BCUT2D eigenvalue weighted by Gasteiger charge is -2.28. The minimum atomic E-state index is 0.616. The van der Waals surface area contributed by atoms with Crippen LogP contribution in [0.15, 0.2) is 18.5 Å². The lowest BCUT2D eigenvalue weighted by molar-refractivity contribution is 0.186. The van der Waals surface area contributed by atoms with Crippen molar-refractivity contribution >= 4 is 0 Å². The van der Waals surface area contributed by atoms with Crippen molar-refractivity contribution in [2.24, 2.45) is 5.92 Å². The Labute approximate surface area is 109 Å². The van der Waals surface area contributed by atoms with Gasteiger partial charge in [-0.25, -0.2) is 9.97 Å². The highest BCUT2D eigenvalue weighted by Crippen LogP contribution is 2.34. The van der Waals surface area contributed by atoms with Crippen molar-refractivity contribution < 1.29 is 0 Å². The summed E-state index contributed by atoms with van der Waals surface area (Å²) in [7, 11) is 0. The van der Waals surface area contributed by atoms with Crippen LogP contribution in [-0.2, 0) is 6.54 Å². The van der Waals surface area contributed by atoms with Crippen LogP contribution in [0.5, 0.6) is 0 Å². The largest absolute Gasteiger partial charge is 0.312 e. The number of hydrogen-bond acceptors (Lipinski definition) is 4. The molecule has 1 aliphatic carbocycles. The molecule has 2 unspecified atom stereocenters. The third-order valence-electron chi connectivity index (χ3n) is 4.18. The molecule has 1 saturated heterocycles. The van der Waals surface area contributed by atoms with E-state index in [1.165, 1.54) is 19.3 Å². The van der Waals surface area contributed by atoms with E-state index in [2.05, 4.69) is 27.1 Å². The molecule has 1 aromatic rings. The fourth-order valence-corrected chi connectivity index (χ4v) is 2.79. The van der Waals surface area contributed by atoms with Crippen LogP contribution in [0.4, 0.5) is 0 Å². The summed E-state index contributed by atoms with van der Waals surface area (Å²) >= 11 is 0. The predicted octanol–water partition coefficient (Wildman–Crippen LogP) is 1.44. The van der Waals surface area contributed by atoms with Gasteiger partial charge in [0.05, 0.1) is 6.54 Å². The van der Waals surface area contributed by atoms with E-state index in [0.29, 0.717) is 12.1 Å². The zero-order chi connectivity index (χ0) is 12.4. The van der Waals surface area contributed by atoms with Gasteiger partial charge in [-0.1, -0.05) is 0 Å². The Kier molecular flexibility index (Phi) is 3.57. The number of rotatable bonds is 3. The van der Waals surface area contributed by atoms with E-state index in [1.54, 1.807) is 0 Å². The highest BCUT2D eigenvalue weighted by atomic mass is 15.2. The molecule has 1 aliphatic heterocycles. The highest BCUT2D eigenvalue weighted by Gasteiger charge is 2.34. The van der Waals surface area contributed by atoms with Crippen molar-refractivity contribution in [3.8, 4) is 0 Å². The van der Waals surface area contributed by atoms with Gasteiger partial charge in [-0.2, -0.15) is 0 Å². The van der Waals surface area contributed by atoms with Gasteiger partial charge < -0.3 is 5.32 Å². The van der Waals surface area contributed by atoms with Crippen LogP contribution >= 0.6 is 0 Å². The maximum Gasteiger partial charge on any atom is 0.142 e. The maximum absolute atomic E-state index is 4.35. The number of aromatic nitrogens is 2. The molecule has 0 amide bonds. The lowest BCUT2D eigenvalue weighted by Crippen LogP contribution is -2.41. The van der Waals surface area contributed by atoms with Crippen molar-refractivity contribution in [1.29, 1.82) is 0 Å². The fourth-order valence-electron chi connectivity index (χ4n) is 2.79. The van der Waals surface area contributed by atoms with Crippen molar-refractivity contribution in [3.63, 3.8) is 0 Å². The average molecular weight is 246 g/mol. The van der Waals surface area contributed by atoms with Crippen molar-refractivity contribution in [3.05, 3.63) is 24.3 Å². The summed E-state index contributed by atoms with van der Waals surface area (Å²) in [5.41, 5.74) is 0. The molecule has 2 fully saturated rings. The molecule has 0 bridgehead atoms. The monoisotopic (exact) mass is 246 g/mol. The molecule has 1 N–H and O–H groups in total. The molecule has 2 aliphatic rings. The van der Waals surface area contributed by atoms with Crippen LogP contribution in [0, 0.1) is 5.92 Å². The van der Waals surface area contributed by atoms with Gasteiger partial charge >= 0.3 is 0 Å². The molecule has 18 heavy (non-hydrogen) atoms. The topological polar surface area (TPSA) is 41.0 Å². The van der Waals surface area contributed by atoms with E-state index in [4.69, 9.17) is 0 Å². The minimum Gasteiger partial charge on any atom is -0.312 e. The quantitative estimate of drug-likeness (QED) is 0.876. The predicted molar refractivity (Wildman–Crippen MR) is 71.0 cm³/mol. The summed E-state index contributed by atoms with van der Waals surface area (Å²) in [6, 6.07) is 3.17. The highest BCUT2D eigenvalue weighted by molar-refractivity contribution is 4.94. The fraction of sp³-hybridized carbons (Fsp3) is 0.714. The third-order valence-corrected chi connectivity index (χ3v) is 4.18. The van der Waals surface area contributed by atoms with Crippen LogP contribution in [0.2, 0.25) is 0 Å². The summed E-state index contributed by atoms with van der Waals surface area (Å²) in [6.45, 7) is 5.49. The molecule has 1 aromatic heterocycles. The Bertz CT molecular complexity index is 377. The van der Waals surface area contributed by atoms with Crippen molar-refractivity contribution in [2.75, 3.05) is 13.1 Å². The smallest absolute Gasteiger partial charge is 0.142 e. The van der Waals surface area contributed by atoms with Gasteiger partial charge in [0, 0.05) is 31.0 Å². The van der Waals surface area contributed by atoms with E-state index in [-0.39, 0.29) is 0 Å². The standard InChI is InChI=1S/C14H22N4/c1-11-5-8-15-13(12-3-4-12)9-18(11)10-14-16-6-2-7-17-14/h2,6-7,11-13,15H,3-5,8-10H2,1H3. The molecule has 0 spiro atoms. The van der Waals surface area contributed by atoms with Crippen molar-refractivity contribution in [1.82, 2.24) is 20.2 Å². The van der Waals surface area contributed by atoms with Gasteiger partial charge in [0.2, 0.25) is 0 Å². The minimum absolute atomic E-state index is 0.616. The normalized spacial score (nSPS) is 30.1. The average Bonchev–Trinajstić information content (AvgIpc) is 3.21. The molecule has 2 atom stereocenters. The summed E-state index contributed by atoms with van der Waals surface area (Å²) in [4.78, 5) is 11.2. The molecule has 4 heteroatoms. The van der Waals surface area contributed by atoms with Gasteiger partial charge in [0.1, 0.15) is 5.82 Å². The molecule has 2 heterocycles. The zero-order valence-corrected chi connectivity index (χ0v) is 11.0. The van der Waals surface area contributed by atoms with Gasteiger partial charge in [0.25, 0.3) is 0 Å². The Hall–Kier alpha value is -1.00. The molecule has 4 nitrogen and oxygen atoms in total. The third kappa shape index (κ3) is 2.87. The summed E-state index contributed by atoms with van der Waals surface area (Å²) in [6.07, 6.45) is 7.70. The van der Waals surface area contributed by atoms with E-state index in [9.17, 15) is 0 Å². The van der Waals surface area contributed by atoms with E-state index in [0.717, 1.165) is 31.4 Å². The zero-order valence-electron chi connectivity index (χ0n) is 11.0. The first-order valence-corrected chi connectivity index (χ1v) is 7.06. The summed E-state index contributed by atoms with van der Waals surface area (Å²) in [5, 5.41) is 3.71. The second-order valence-electron chi connectivity index (χ2n) is 5.63. The lowest BCUT2D eigenvalue weighted by atomic mass is 10.1. The van der Waals surface area contributed by atoms with Crippen LogP contribution < -0.4 is 5.32 Å². The molecule has 0 aromatic carbocycles. The van der Waals surface area contributed by atoms with Gasteiger partial charge in [-0.3, -0.25) is 4.90 Å². The van der Waals surface area contributed by atoms with Crippen LogP contribution in [0.3, 0.4) is 0 Å². The molecule has 1 saturated carbocycles. The molecule has 0 radical (unpaired) electrons. The second kappa shape index (κ2) is 5.33. The Morgan fingerprint density at radius 3 is 2.78 bits per heavy atom. The van der Waals surface area contributed by atoms with Gasteiger partial charge in [-0.15, -0.1) is 0 Å². The van der Waals surface area contributed by atoms with Crippen LogP contribution in [0.25, 0.3) is 0 Å². The Morgan fingerprint density at radius 1 is 1.28 bits per heavy atom. The first-order valence-electron chi connectivity index (χ1n) is 7.06. The molecule has 3 rings (SSSR count). The summed E-state index contributed by atoms with van der Waals surface area (Å²) in [5.74, 6) is 1.86. The van der Waals surface area contributed by atoms with Crippen LogP contribution in [-0.4, -0.2) is 40.0 Å². The van der Waals surface area contributed by atoms with E-state index in [1.807, 2.05) is 18.5 Å². The molecule has 98 valence electrons. The SMILES string of the molecule is CC1CCNC(C2CC2)CN1Cc1ncccn1. The molecular weight excluding hydrogens is 224 g/mol. The van der Waals surface area contributed by atoms with Gasteiger partial charge in [0.15, 0.2) is 0 Å². The number of nitrogens with one attached hydrogen (secondary N) is 1. The summed E-state index contributed by atoms with van der Waals surface area (Å²) < 4.78 is 0. The van der Waals surface area contributed by atoms with Crippen LogP contribution in [0.1, 0.15) is 32.0 Å². The second-order valence-corrected chi connectivity index (χ2v) is 5.63. The van der Waals surface area contributed by atoms with E-state index < -0.39 is 0 Å². The number of nitrogens with zero attached hydrogens (tertiary/aromatic N) is 3. The number of hydrogen-bond donors (Lipinski definition) is 1. The Morgan fingerprint density at radius 2 is 2.06 bits per heavy atom. The maximum atomic E-state index is 4.35. The first kappa shape index (κ1) is 12.1. The first-order chi connectivity index (χ1) is 8.83. The van der Waals surface area contributed by atoms with Crippen molar-refractivity contribution in [2.45, 2.75) is 44.8 Å². The molecular formula is C14H22N4. The van der Waals surface area contributed by atoms with Gasteiger partial charge in [-0.05, 0) is 44.7 Å². The van der Waals surface area contributed by atoms with E-state index >= 15 is 0 Å². The Balaban J connectivity index is 1.67.